The molecule has 34 heavy (non-hydrogen) atoms. The first-order chi connectivity index (χ1) is 16.5. The number of allylic oxidation sites excluding steroid dienone is 4. The number of hydrogen-bond acceptors (Lipinski definition) is 0. The van der Waals surface area contributed by atoms with Crippen LogP contribution in [0.4, 0.5) is 0 Å². The zero-order chi connectivity index (χ0) is 24.1. The molecule has 0 aromatic heterocycles. The molecule has 5 rings (SSSR count). The van der Waals surface area contributed by atoms with Gasteiger partial charge in [-0.25, -0.2) is 0 Å². The number of rotatable bonds is 8. The minimum atomic E-state index is -2.90. The second-order valence-corrected chi connectivity index (χ2v) is 23.0. The van der Waals surface area contributed by atoms with Crippen LogP contribution < -0.4 is 0 Å². The molecular weight excluding hydrogens is 488 g/mol. The fraction of sp³-hybridized carbons (Fsp3) is 0.515. The molecular formula is C33H44Zr. The molecule has 4 bridgehead atoms. The summed E-state index contributed by atoms with van der Waals surface area (Å²) >= 11 is -2.90. The zero-order valence-electron chi connectivity index (χ0n) is 22.4. The van der Waals surface area contributed by atoms with Crippen LogP contribution in [-0.4, -0.2) is 0 Å². The van der Waals surface area contributed by atoms with Crippen LogP contribution >= 0.6 is 0 Å². The SMILES string of the molecule is CCC[CH2][Zr]1([CH2]CCC)[CH]2C(CC)=C(c3ccccc32)C(C)(C)C2=C(CC)[CH]1c1ccccc12. The molecule has 2 aliphatic carbocycles. The molecule has 0 nitrogen and oxygen atoms in total. The first-order valence-corrected chi connectivity index (χ1v) is 20.4. The fourth-order valence-electron chi connectivity index (χ4n) is 8.52. The van der Waals surface area contributed by atoms with E-state index in [4.69, 9.17) is 0 Å². The average molecular weight is 532 g/mol. The first kappa shape index (κ1) is 24.5. The van der Waals surface area contributed by atoms with Gasteiger partial charge in [0.15, 0.2) is 0 Å². The third kappa shape index (κ3) is 3.32. The Morgan fingerprint density at radius 3 is 1.44 bits per heavy atom. The monoisotopic (exact) mass is 530 g/mol. The van der Waals surface area contributed by atoms with Gasteiger partial charge < -0.3 is 0 Å². The molecule has 2 unspecified atom stereocenters. The molecule has 180 valence electrons. The van der Waals surface area contributed by atoms with Crippen molar-refractivity contribution in [3.8, 4) is 0 Å². The second-order valence-electron chi connectivity index (χ2n) is 11.6. The topological polar surface area (TPSA) is 0 Å². The van der Waals surface area contributed by atoms with E-state index in [1.54, 1.807) is 33.4 Å². The van der Waals surface area contributed by atoms with Crippen LogP contribution in [0.1, 0.15) is 110 Å². The van der Waals surface area contributed by atoms with Crippen molar-refractivity contribution in [3.63, 3.8) is 0 Å². The van der Waals surface area contributed by atoms with E-state index in [2.05, 4.69) is 90.1 Å². The van der Waals surface area contributed by atoms with Crippen molar-refractivity contribution in [2.24, 2.45) is 5.41 Å². The standard InChI is InChI=1S/C25H26.2C4H9.Zr/c1-5-17-15-19-11-7-9-13-21(19)23(17)25(3,4)24-18(6-2)16-20-12-8-10-14-22(20)24;2*1-3-4-2;/h7-16H,5-6H2,1-4H3;2*1,3-4H2,2H3;. The summed E-state index contributed by atoms with van der Waals surface area (Å²) in [6, 6.07) is 19.3. The van der Waals surface area contributed by atoms with Gasteiger partial charge in [-0.15, -0.1) is 0 Å². The number of fused-ring (bicyclic) bond motifs is 8. The van der Waals surface area contributed by atoms with Crippen molar-refractivity contribution in [2.45, 2.75) is 95.6 Å². The number of benzene rings is 2. The van der Waals surface area contributed by atoms with E-state index in [0.29, 0.717) is 0 Å². The van der Waals surface area contributed by atoms with Crippen LogP contribution in [0.15, 0.2) is 59.7 Å². The molecule has 0 saturated heterocycles. The minimum absolute atomic E-state index is 0.0555. The summed E-state index contributed by atoms with van der Waals surface area (Å²) < 4.78 is 4.58. The molecule has 3 aliphatic rings. The third-order valence-corrected chi connectivity index (χ3v) is 24.8. The number of hydrogen-bond donors (Lipinski definition) is 0. The van der Waals surface area contributed by atoms with E-state index >= 15 is 0 Å². The van der Waals surface area contributed by atoms with Gasteiger partial charge in [-0.05, 0) is 0 Å². The van der Waals surface area contributed by atoms with Crippen molar-refractivity contribution in [2.75, 3.05) is 0 Å². The van der Waals surface area contributed by atoms with E-state index in [9.17, 15) is 0 Å². The molecule has 1 heterocycles. The van der Waals surface area contributed by atoms with Gasteiger partial charge in [0.2, 0.25) is 0 Å². The molecule has 1 heteroatoms. The van der Waals surface area contributed by atoms with Crippen LogP contribution in [0.25, 0.3) is 11.1 Å². The summed E-state index contributed by atoms with van der Waals surface area (Å²) in [5.41, 5.74) is 13.8. The first-order valence-electron chi connectivity index (χ1n) is 14.1. The molecule has 2 atom stereocenters. The van der Waals surface area contributed by atoms with Crippen LogP contribution in [0.5, 0.6) is 0 Å². The summed E-state index contributed by atoms with van der Waals surface area (Å²) in [4.78, 5) is 0. The Kier molecular flexibility index (Phi) is 6.74. The number of unbranched alkanes of at least 4 members (excludes halogenated alkanes) is 2. The Morgan fingerprint density at radius 2 is 1.06 bits per heavy atom. The Balaban J connectivity index is 1.93. The fourth-order valence-corrected chi connectivity index (χ4v) is 27.2. The maximum absolute atomic E-state index is 2.90. The van der Waals surface area contributed by atoms with Gasteiger partial charge in [-0.1, -0.05) is 0 Å². The van der Waals surface area contributed by atoms with Crippen molar-refractivity contribution in [1.29, 1.82) is 0 Å². The summed E-state index contributed by atoms with van der Waals surface area (Å²) in [6.07, 6.45) is 7.92. The summed E-state index contributed by atoms with van der Waals surface area (Å²) in [6.45, 7) is 14.9. The molecule has 2 aromatic rings. The van der Waals surface area contributed by atoms with Gasteiger partial charge >= 0.3 is 214 Å². The van der Waals surface area contributed by atoms with E-state index in [1.807, 2.05) is 11.1 Å². The molecule has 0 N–H and O–H groups in total. The van der Waals surface area contributed by atoms with Crippen molar-refractivity contribution in [3.05, 3.63) is 81.9 Å². The van der Waals surface area contributed by atoms with Crippen molar-refractivity contribution in [1.82, 2.24) is 0 Å². The molecule has 2 aromatic carbocycles. The molecule has 0 saturated carbocycles. The Hall–Kier alpha value is -1.20. The van der Waals surface area contributed by atoms with Crippen LogP contribution in [0.3, 0.4) is 0 Å². The quantitative estimate of drug-likeness (QED) is 0.318. The summed E-state index contributed by atoms with van der Waals surface area (Å²) in [5.74, 6) is 0. The second kappa shape index (κ2) is 9.35. The summed E-state index contributed by atoms with van der Waals surface area (Å²) in [7, 11) is 0. The Labute approximate surface area is 213 Å². The molecule has 0 amide bonds. The normalized spacial score (nSPS) is 23.6. The molecule has 0 radical (unpaired) electrons. The van der Waals surface area contributed by atoms with Crippen molar-refractivity contribution < 1.29 is 20.3 Å². The average Bonchev–Trinajstić information content (AvgIpc) is 3.39. The van der Waals surface area contributed by atoms with Gasteiger partial charge in [0.25, 0.3) is 0 Å². The van der Waals surface area contributed by atoms with E-state index in [1.165, 1.54) is 46.8 Å². The van der Waals surface area contributed by atoms with Gasteiger partial charge in [0.1, 0.15) is 0 Å². The van der Waals surface area contributed by atoms with Gasteiger partial charge in [-0.2, -0.15) is 0 Å². The van der Waals surface area contributed by atoms with E-state index < -0.39 is 20.3 Å². The molecule has 0 spiro atoms. The third-order valence-electron chi connectivity index (χ3n) is 9.57. The van der Waals surface area contributed by atoms with E-state index in [0.717, 1.165) is 7.25 Å². The van der Waals surface area contributed by atoms with Crippen LogP contribution in [-0.2, 0) is 20.3 Å². The van der Waals surface area contributed by atoms with Gasteiger partial charge in [0, 0.05) is 0 Å². The zero-order valence-corrected chi connectivity index (χ0v) is 24.9. The summed E-state index contributed by atoms with van der Waals surface area (Å²) in [5, 5.41) is 0. The predicted molar refractivity (Wildman–Crippen MR) is 146 cm³/mol. The molecule has 1 aliphatic heterocycles. The van der Waals surface area contributed by atoms with Gasteiger partial charge in [-0.3, -0.25) is 0 Å². The van der Waals surface area contributed by atoms with Crippen LogP contribution in [0.2, 0.25) is 8.26 Å². The van der Waals surface area contributed by atoms with Gasteiger partial charge in [0.05, 0.1) is 0 Å². The van der Waals surface area contributed by atoms with Crippen LogP contribution in [0, 0.1) is 5.41 Å². The van der Waals surface area contributed by atoms with E-state index in [-0.39, 0.29) is 5.41 Å². The predicted octanol–water partition coefficient (Wildman–Crippen LogP) is 10.5. The Bertz CT molecular complexity index is 1060. The van der Waals surface area contributed by atoms with Crippen molar-refractivity contribution >= 4 is 11.1 Å². The molecule has 0 fully saturated rings. The Morgan fingerprint density at radius 1 is 0.647 bits per heavy atom. The maximum atomic E-state index is 2.56.